The van der Waals surface area contributed by atoms with Crippen LogP contribution in [0.4, 0.5) is 5.69 Å². The molecule has 0 fully saturated rings. The minimum atomic E-state index is 0.0381. The first-order chi connectivity index (χ1) is 22.2. The molecular weight excluding hydrogens is 548 g/mol. The fraction of sp³-hybridized carbons (Fsp3) is 0.0732. The topological polar surface area (TPSA) is 32.3 Å². The van der Waals surface area contributed by atoms with Crippen LogP contribution in [0, 0.1) is 0 Å². The molecule has 1 aliphatic heterocycles. The second-order valence-electron chi connectivity index (χ2n) is 11.5. The molecule has 45 heavy (non-hydrogen) atoms. The molecule has 0 saturated carbocycles. The van der Waals surface area contributed by atoms with Gasteiger partial charge in [-0.05, 0) is 57.8 Å². The monoisotopic (exact) mass is 580 g/mol. The smallest absolute Gasteiger partial charge is 0.0953 e. The maximum absolute atomic E-state index is 5.06. The number of benzene rings is 4. The van der Waals surface area contributed by atoms with Crippen molar-refractivity contribution in [1.29, 1.82) is 0 Å². The second-order valence-corrected chi connectivity index (χ2v) is 11.5. The van der Waals surface area contributed by atoms with Gasteiger partial charge in [-0.2, -0.15) is 0 Å². The van der Waals surface area contributed by atoms with E-state index in [1.54, 1.807) is 0 Å². The maximum atomic E-state index is 5.06. The molecule has 216 valence electrons. The molecule has 1 aliphatic carbocycles. The van der Waals surface area contributed by atoms with Crippen LogP contribution < -0.4 is 4.90 Å². The summed E-state index contributed by atoms with van der Waals surface area (Å²) in [6.07, 6.45) is 16.4. The number of aromatic nitrogens is 2. The first kappa shape index (κ1) is 26.9. The van der Waals surface area contributed by atoms with Crippen LogP contribution >= 0.6 is 0 Å². The number of hydrogen-bond acceptors (Lipinski definition) is 4. The number of hydrogen-bond donors (Lipinski definition) is 0. The third-order valence-electron chi connectivity index (χ3n) is 9.23. The largest absolute Gasteiger partial charge is 0.364 e. The highest BCUT2D eigenvalue weighted by Gasteiger charge is 2.38. The second kappa shape index (κ2) is 10.8. The zero-order chi connectivity index (χ0) is 30.5. The maximum Gasteiger partial charge on any atom is 0.0953 e. The van der Waals surface area contributed by atoms with Crippen LogP contribution in [0.25, 0.3) is 54.8 Å². The Balaban J connectivity index is 1.37. The first-order valence-electron chi connectivity index (χ1n) is 15.3. The molecule has 6 aromatic rings. The van der Waals surface area contributed by atoms with Crippen LogP contribution in [0.15, 0.2) is 164 Å². The summed E-state index contributed by atoms with van der Waals surface area (Å²) in [5, 5.41) is 4.60. The number of rotatable bonds is 5. The molecule has 0 N–H and O–H groups in total. The van der Waals surface area contributed by atoms with Crippen molar-refractivity contribution in [3.63, 3.8) is 0 Å². The third kappa shape index (κ3) is 4.14. The predicted octanol–water partition coefficient (Wildman–Crippen LogP) is 9.47. The highest BCUT2D eigenvalue weighted by Crippen LogP contribution is 2.46. The van der Waals surface area contributed by atoms with Gasteiger partial charge in [0.1, 0.15) is 0 Å². The molecule has 2 atom stereocenters. The van der Waals surface area contributed by atoms with Gasteiger partial charge < -0.3 is 9.80 Å². The normalized spacial score (nSPS) is 17.7. The van der Waals surface area contributed by atoms with Crippen LogP contribution in [-0.4, -0.2) is 34.0 Å². The number of anilines is 1. The number of nitrogens with zero attached hydrogens (tertiary/aromatic N) is 4. The molecule has 8 rings (SSSR count). The van der Waals surface area contributed by atoms with E-state index in [-0.39, 0.29) is 12.1 Å². The molecule has 4 heteroatoms. The van der Waals surface area contributed by atoms with Crippen molar-refractivity contribution in [3.05, 3.63) is 164 Å². The highest BCUT2D eigenvalue weighted by molar-refractivity contribution is 6.19. The average molecular weight is 581 g/mol. The predicted molar refractivity (Wildman–Crippen MR) is 189 cm³/mol. The van der Waals surface area contributed by atoms with Crippen LogP contribution in [0.2, 0.25) is 0 Å². The van der Waals surface area contributed by atoms with E-state index in [9.17, 15) is 0 Å². The van der Waals surface area contributed by atoms with Crippen molar-refractivity contribution in [2.24, 2.45) is 0 Å². The van der Waals surface area contributed by atoms with Gasteiger partial charge in [-0.1, -0.05) is 110 Å². The van der Waals surface area contributed by atoms with Gasteiger partial charge in [-0.25, -0.2) is 0 Å². The molecule has 4 aromatic carbocycles. The molecular formula is C41H32N4. The van der Waals surface area contributed by atoms with Gasteiger partial charge in [-0.3, -0.25) is 9.97 Å². The lowest BCUT2D eigenvalue weighted by Crippen LogP contribution is -2.53. The van der Waals surface area contributed by atoms with Crippen LogP contribution in [-0.2, 0) is 0 Å². The Morgan fingerprint density at radius 1 is 0.622 bits per heavy atom. The quantitative estimate of drug-likeness (QED) is 0.190. The molecule has 3 heterocycles. The Kier molecular flexibility index (Phi) is 6.42. The molecule has 0 bridgehead atoms. The highest BCUT2D eigenvalue weighted by atomic mass is 15.3. The minimum Gasteiger partial charge on any atom is -0.364 e. The number of likely N-dealkylation sites (N-methyl/N-ethyl adjacent to an activating group) is 1. The lowest BCUT2D eigenvalue weighted by Gasteiger charge is -2.48. The van der Waals surface area contributed by atoms with Crippen molar-refractivity contribution < 1.29 is 0 Å². The van der Waals surface area contributed by atoms with Crippen molar-refractivity contribution >= 4 is 38.3 Å². The number of fused-ring (bicyclic) bond motifs is 4. The van der Waals surface area contributed by atoms with Gasteiger partial charge in [-0.15, -0.1) is 0 Å². The standard InChI is InChI=1S/C41H32N4/c1-4-34-35(5-2)45(37-20-9-8-19-36(37)44(34)3)41-33-18-12-25-42-39(33)38(32-17-11-26-43-40(32)41)29-23-21-28(22-24-29)31-16-10-14-27-13-6-7-15-30(27)31/h4-26,36-37H,1-2H2,3H3. The number of allylic oxidation sites excluding steroid dienone is 4. The molecule has 2 aromatic heterocycles. The Morgan fingerprint density at radius 2 is 1.27 bits per heavy atom. The van der Waals surface area contributed by atoms with Crippen molar-refractivity contribution in [1.82, 2.24) is 14.9 Å². The van der Waals surface area contributed by atoms with E-state index in [1.165, 1.54) is 21.9 Å². The van der Waals surface area contributed by atoms with E-state index in [4.69, 9.17) is 9.97 Å². The van der Waals surface area contributed by atoms with Crippen molar-refractivity contribution in [2.45, 2.75) is 12.1 Å². The molecule has 2 aliphatic rings. The minimum absolute atomic E-state index is 0.0381. The van der Waals surface area contributed by atoms with Gasteiger partial charge >= 0.3 is 0 Å². The van der Waals surface area contributed by atoms with Gasteiger partial charge in [0.25, 0.3) is 0 Å². The zero-order valence-corrected chi connectivity index (χ0v) is 25.1. The van der Waals surface area contributed by atoms with E-state index in [0.29, 0.717) is 0 Å². The lowest BCUT2D eigenvalue weighted by molar-refractivity contribution is 0.312. The van der Waals surface area contributed by atoms with Crippen molar-refractivity contribution in [3.8, 4) is 22.3 Å². The van der Waals surface area contributed by atoms with E-state index < -0.39 is 0 Å². The van der Waals surface area contributed by atoms with E-state index in [0.717, 1.165) is 50.0 Å². The molecule has 4 nitrogen and oxygen atoms in total. The summed E-state index contributed by atoms with van der Waals surface area (Å²) in [4.78, 5) is 14.8. The Hall–Kier alpha value is -5.74. The van der Waals surface area contributed by atoms with Gasteiger partial charge in [0, 0.05) is 35.8 Å². The Bertz CT molecular complexity index is 2180. The van der Waals surface area contributed by atoms with Gasteiger partial charge in [0.05, 0.1) is 40.2 Å². The van der Waals surface area contributed by atoms with Crippen LogP contribution in [0.3, 0.4) is 0 Å². The third-order valence-corrected chi connectivity index (χ3v) is 9.23. The van der Waals surface area contributed by atoms with E-state index in [2.05, 4.69) is 133 Å². The fourth-order valence-corrected chi connectivity index (χ4v) is 7.20. The van der Waals surface area contributed by atoms with Gasteiger partial charge in [0.15, 0.2) is 0 Å². The van der Waals surface area contributed by atoms with Gasteiger partial charge in [0.2, 0.25) is 0 Å². The summed E-state index contributed by atoms with van der Waals surface area (Å²) in [5.41, 5.74) is 9.53. The molecule has 0 spiro atoms. The zero-order valence-electron chi connectivity index (χ0n) is 25.1. The summed E-state index contributed by atoms with van der Waals surface area (Å²) in [5.74, 6) is 0. The Labute approximate surface area is 263 Å². The lowest BCUT2D eigenvalue weighted by atomic mass is 9.90. The number of pyridine rings is 2. The average Bonchev–Trinajstić information content (AvgIpc) is 3.10. The van der Waals surface area contributed by atoms with E-state index >= 15 is 0 Å². The Morgan fingerprint density at radius 3 is 2.04 bits per heavy atom. The summed E-state index contributed by atoms with van der Waals surface area (Å²) in [7, 11) is 2.13. The fourth-order valence-electron chi connectivity index (χ4n) is 7.20. The van der Waals surface area contributed by atoms with Crippen molar-refractivity contribution in [2.75, 3.05) is 11.9 Å². The van der Waals surface area contributed by atoms with E-state index in [1.807, 2.05) is 36.7 Å². The van der Waals surface area contributed by atoms with Crippen LogP contribution in [0.1, 0.15) is 0 Å². The SMILES string of the molecule is C=CC1=C(C=C)N(c2c3cccnc3c(-c3ccc(-c4cccc5ccccc45)cc3)c3cccnc23)C2C=CC=CC2N1C. The van der Waals surface area contributed by atoms with Crippen LogP contribution in [0.5, 0.6) is 0 Å². The summed E-state index contributed by atoms with van der Waals surface area (Å²) in [6.45, 7) is 8.43. The molecule has 0 amide bonds. The molecule has 0 saturated heterocycles. The summed E-state index contributed by atoms with van der Waals surface area (Å²) in [6, 6.07) is 32.5. The molecule has 0 radical (unpaired) electrons. The summed E-state index contributed by atoms with van der Waals surface area (Å²) >= 11 is 0. The summed E-state index contributed by atoms with van der Waals surface area (Å²) < 4.78 is 0. The first-order valence-corrected chi connectivity index (χ1v) is 15.3. The molecule has 2 unspecified atom stereocenters.